The number of likely N-dealkylation sites (N-methyl/N-ethyl adjacent to an activating group) is 1. The van der Waals surface area contributed by atoms with Crippen molar-refractivity contribution in [1.82, 2.24) is 4.90 Å². The molecule has 0 bridgehead atoms. The average molecular weight is 259 g/mol. The molecular weight excluding hydrogens is 242 g/mol. The van der Waals surface area contributed by atoms with E-state index in [1.165, 1.54) is 11.8 Å². The molecule has 0 saturated carbocycles. The van der Waals surface area contributed by atoms with Crippen LogP contribution in [-0.4, -0.2) is 31.5 Å². The molecule has 0 N–H and O–H groups in total. The van der Waals surface area contributed by atoms with Gasteiger partial charge in [0, 0.05) is 13.6 Å². The Balaban J connectivity index is 1.89. The summed E-state index contributed by atoms with van der Waals surface area (Å²) in [4.78, 5) is 13.6. The van der Waals surface area contributed by atoms with Gasteiger partial charge in [0.05, 0.1) is 13.4 Å². The maximum Gasteiger partial charge on any atom is 0.289 e. The van der Waals surface area contributed by atoms with E-state index in [2.05, 4.69) is 0 Å². The van der Waals surface area contributed by atoms with Crippen LogP contribution < -0.4 is 4.74 Å². The number of nitrogens with zero attached hydrogens (tertiary/aromatic N) is 1. The first-order chi connectivity index (χ1) is 9.20. The molecule has 1 aromatic carbocycles. The Kier molecular flexibility index (Phi) is 4.23. The van der Waals surface area contributed by atoms with Crippen molar-refractivity contribution in [3.63, 3.8) is 0 Å². The van der Waals surface area contributed by atoms with Crippen LogP contribution in [-0.2, 0) is 6.42 Å². The second-order valence-electron chi connectivity index (χ2n) is 4.30. The quantitative estimate of drug-likeness (QED) is 0.829. The fourth-order valence-corrected chi connectivity index (χ4v) is 1.78. The Labute approximate surface area is 112 Å². The van der Waals surface area contributed by atoms with Crippen molar-refractivity contribution in [3.05, 3.63) is 54.0 Å². The SMILES string of the molecule is COc1ccc(CCN(C)C(=O)c2ccco2)cc1. The molecule has 0 aliphatic carbocycles. The molecule has 0 radical (unpaired) electrons. The molecule has 0 aliphatic heterocycles. The van der Waals surface area contributed by atoms with Crippen LogP contribution in [0.3, 0.4) is 0 Å². The maximum atomic E-state index is 11.9. The Morgan fingerprint density at radius 1 is 1.26 bits per heavy atom. The van der Waals surface area contributed by atoms with E-state index in [1.807, 2.05) is 24.3 Å². The number of carbonyl (C=O) groups excluding carboxylic acids is 1. The zero-order chi connectivity index (χ0) is 13.7. The molecule has 1 aromatic heterocycles. The molecule has 0 aliphatic rings. The Bertz CT molecular complexity index is 517. The van der Waals surface area contributed by atoms with E-state index in [0.29, 0.717) is 12.3 Å². The highest BCUT2D eigenvalue weighted by Crippen LogP contribution is 2.12. The van der Waals surface area contributed by atoms with Gasteiger partial charge in [-0.05, 0) is 36.2 Å². The third kappa shape index (κ3) is 3.37. The summed E-state index contributed by atoms with van der Waals surface area (Å²) < 4.78 is 10.2. The van der Waals surface area contributed by atoms with Gasteiger partial charge < -0.3 is 14.1 Å². The number of benzene rings is 1. The van der Waals surface area contributed by atoms with Crippen molar-refractivity contribution in [3.8, 4) is 5.75 Å². The van der Waals surface area contributed by atoms with Crippen LogP contribution in [0.15, 0.2) is 47.1 Å². The lowest BCUT2D eigenvalue weighted by molar-refractivity contribution is 0.0765. The molecule has 4 nitrogen and oxygen atoms in total. The van der Waals surface area contributed by atoms with E-state index in [4.69, 9.17) is 9.15 Å². The zero-order valence-electron chi connectivity index (χ0n) is 11.1. The number of rotatable bonds is 5. The summed E-state index contributed by atoms with van der Waals surface area (Å²) >= 11 is 0. The molecule has 1 heterocycles. The summed E-state index contributed by atoms with van der Waals surface area (Å²) in [5.41, 5.74) is 1.17. The van der Waals surface area contributed by atoms with Gasteiger partial charge in [0.2, 0.25) is 0 Å². The Morgan fingerprint density at radius 3 is 2.58 bits per heavy atom. The largest absolute Gasteiger partial charge is 0.497 e. The van der Waals surface area contributed by atoms with E-state index < -0.39 is 0 Å². The molecule has 0 spiro atoms. The molecule has 0 atom stereocenters. The number of carbonyl (C=O) groups is 1. The molecule has 1 amide bonds. The summed E-state index contributed by atoms with van der Waals surface area (Å²) in [7, 11) is 3.42. The normalized spacial score (nSPS) is 10.2. The first kappa shape index (κ1) is 13.2. The number of furan rings is 1. The molecular formula is C15H17NO3. The van der Waals surface area contributed by atoms with Crippen LogP contribution >= 0.6 is 0 Å². The van der Waals surface area contributed by atoms with Crippen LogP contribution in [0.4, 0.5) is 0 Å². The smallest absolute Gasteiger partial charge is 0.289 e. The van der Waals surface area contributed by atoms with Crippen molar-refractivity contribution in [1.29, 1.82) is 0 Å². The van der Waals surface area contributed by atoms with Crippen LogP contribution in [0.2, 0.25) is 0 Å². The molecule has 19 heavy (non-hydrogen) atoms. The van der Waals surface area contributed by atoms with Gasteiger partial charge >= 0.3 is 0 Å². The highest BCUT2D eigenvalue weighted by molar-refractivity contribution is 5.91. The van der Waals surface area contributed by atoms with Crippen molar-refractivity contribution >= 4 is 5.91 Å². The fourth-order valence-electron chi connectivity index (χ4n) is 1.78. The van der Waals surface area contributed by atoms with E-state index in [0.717, 1.165) is 12.2 Å². The summed E-state index contributed by atoms with van der Waals surface area (Å²) in [6, 6.07) is 11.2. The number of hydrogen-bond donors (Lipinski definition) is 0. The minimum atomic E-state index is -0.0986. The molecule has 100 valence electrons. The lowest BCUT2D eigenvalue weighted by atomic mass is 10.1. The topological polar surface area (TPSA) is 42.7 Å². The number of amides is 1. The number of ether oxygens (including phenoxy) is 1. The third-order valence-electron chi connectivity index (χ3n) is 2.97. The van der Waals surface area contributed by atoms with Gasteiger partial charge in [-0.15, -0.1) is 0 Å². The van der Waals surface area contributed by atoms with Crippen molar-refractivity contribution in [2.24, 2.45) is 0 Å². The van der Waals surface area contributed by atoms with Crippen LogP contribution in [0.25, 0.3) is 0 Å². The maximum absolute atomic E-state index is 11.9. The Hall–Kier alpha value is -2.23. The standard InChI is InChI=1S/C15H17NO3/c1-16(15(17)14-4-3-11-19-14)10-9-12-5-7-13(18-2)8-6-12/h3-8,11H,9-10H2,1-2H3. The molecule has 2 rings (SSSR count). The zero-order valence-corrected chi connectivity index (χ0v) is 11.1. The summed E-state index contributed by atoms with van der Waals surface area (Å²) in [6.45, 7) is 0.645. The van der Waals surface area contributed by atoms with Crippen LogP contribution in [0.5, 0.6) is 5.75 Å². The second kappa shape index (κ2) is 6.09. The molecule has 2 aromatic rings. The first-order valence-corrected chi connectivity index (χ1v) is 6.12. The number of methoxy groups -OCH3 is 1. The molecule has 4 heteroatoms. The van der Waals surface area contributed by atoms with E-state index in [1.54, 1.807) is 31.2 Å². The number of hydrogen-bond acceptors (Lipinski definition) is 3. The van der Waals surface area contributed by atoms with E-state index in [9.17, 15) is 4.79 Å². The first-order valence-electron chi connectivity index (χ1n) is 6.12. The predicted molar refractivity (Wildman–Crippen MR) is 72.4 cm³/mol. The highest BCUT2D eigenvalue weighted by Gasteiger charge is 2.13. The average Bonchev–Trinajstić information content (AvgIpc) is 2.98. The minimum absolute atomic E-state index is 0.0986. The lowest BCUT2D eigenvalue weighted by Crippen LogP contribution is -2.28. The lowest BCUT2D eigenvalue weighted by Gasteiger charge is -2.15. The Morgan fingerprint density at radius 2 is 2.00 bits per heavy atom. The third-order valence-corrected chi connectivity index (χ3v) is 2.97. The minimum Gasteiger partial charge on any atom is -0.497 e. The summed E-state index contributed by atoms with van der Waals surface area (Å²) in [5, 5.41) is 0. The van der Waals surface area contributed by atoms with Gasteiger partial charge in [-0.1, -0.05) is 12.1 Å². The second-order valence-corrected chi connectivity index (χ2v) is 4.30. The van der Waals surface area contributed by atoms with Gasteiger partial charge in [-0.25, -0.2) is 0 Å². The van der Waals surface area contributed by atoms with Gasteiger partial charge in [0.25, 0.3) is 5.91 Å². The van der Waals surface area contributed by atoms with Crippen LogP contribution in [0, 0.1) is 0 Å². The predicted octanol–water partition coefficient (Wildman–Crippen LogP) is 2.60. The van der Waals surface area contributed by atoms with Gasteiger partial charge in [0.1, 0.15) is 5.75 Å². The molecule has 0 unspecified atom stereocenters. The van der Waals surface area contributed by atoms with Crippen molar-refractivity contribution in [2.45, 2.75) is 6.42 Å². The fraction of sp³-hybridized carbons (Fsp3) is 0.267. The van der Waals surface area contributed by atoms with E-state index in [-0.39, 0.29) is 5.91 Å². The summed E-state index contributed by atoms with van der Waals surface area (Å²) in [5.74, 6) is 1.11. The summed E-state index contributed by atoms with van der Waals surface area (Å²) in [6.07, 6.45) is 2.30. The van der Waals surface area contributed by atoms with Gasteiger partial charge in [0.15, 0.2) is 5.76 Å². The van der Waals surface area contributed by atoms with E-state index >= 15 is 0 Å². The van der Waals surface area contributed by atoms with Gasteiger partial charge in [-0.3, -0.25) is 4.79 Å². The highest BCUT2D eigenvalue weighted by atomic mass is 16.5. The van der Waals surface area contributed by atoms with Crippen molar-refractivity contribution < 1.29 is 13.9 Å². The molecule has 0 fully saturated rings. The van der Waals surface area contributed by atoms with Crippen LogP contribution in [0.1, 0.15) is 16.1 Å². The monoisotopic (exact) mass is 259 g/mol. The van der Waals surface area contributed by atoms with Crippen molar-refractivity contribution in [2.75, 3.05) is 20.7 Å². The van der Waals surface area contributed by atoms with Gasteiger partial charge in [-0.2, -0.15) is 0 Å². The molecule has 0 saturated heterocycles.